The van der Waals surface area contributed by atoms with Crippen LogP contribution in [0.25, 0.3) is 0 Å². The molecule has 0 saturated carbocycles. The number of carbonyl (C=O) groups excluding carboxylic acids is 1. The summed E-state index contributed by atoms with van der Waals surface area (Å²) in [5.74, 6) is -0.0460. The average Bonchev–Trinajstić information content (AvgIpc) is 2.11. The second-order valence-electron chi connectivity index (χ2n) is 4.92. The van der Waals surface area contributed by atoms with Gasteiger partial charge in [0.05, 0.1) is 8.07 Å². The van der Waals surface area contributed by atoms with Gasteiger partial charge in [-0.05, 0) is 19.0 Å². The van der Waals surface area contributed by atoms with Crippen molar-refractivity contribution in [1.82, 2.24) is 5.32 Å². The van der Waals surface area contributed by atoms with Crippen molar-refractivity contribution >= 4 is 14.0 Å². The average molecular weight is 228 g/mol. The molecule has 0 heterocycles. The first-order valence-electron chi connectivity index (χ1n) is 5.46. The van der Waals surface area contributed by atoms with E-state index in [-0.39, 0.29) is 5.91 Å². The lowest BCUT2D eigenvalue weighted by atomic mass is 10.3. The van der Waals surface area contributed by atoms with E-state index in [2.05, 4.69) is 31.9 Å². The molecule has 3 nitrogen and oxygen atoms in total. The van der Waals surface area contributed by atoms with Crippen molar-refractivity contribution in [3.05, 3.63) is 12.2 Å². The summed E-state index contributed by atoms with van der Waals surface area (Å²) < 4.78 is 0. The van der Waals surface area contributed by atoms with Crippen LogP contribution in [0.2, 0.25) is 19.1 Å². The van der Waals surface area contributed by atoms with Gasteiger partial charge in [-0.1, -0.05) is 32.6 Å². The van der Waals surface area contributed by atoms with Crippen LogP contribution in [0.4, 0.5) is 0 Å². The molecule has 0 fully saturated rings. The van der Waals surface area contributed by atoms with E-state index in [1.807, 2.05) is 0 Å². The van der Waals surface area contributed by atoms with Gasteiger partial charge in [-0.3, -0.25) is 4.79 Å². The van der Waals surface area contributed by atoms with Crippen LogP contribution in [0.3, 0.4) is 0 Å². The Balaban J connectivity index is 3.72. The van der Waals surface area contributed by atoms with Crippen LogP contribution in [0.1, 0.15) is 20.3 Å². The van der Waals surface area contributed by atoms with Crippen LogP contribution in [0, 0.1) is 0 Å². The summed E-state index contributed by atoms with van der Waals surface area (Å²) >= 11 is 0. The number of rotatable bonds is 6. The standard InChI is InChI=1S/C11H24N2OSi/c1-9(2)11(14)13-7-6-8-15(4,5)10(3)12/h10H,1,6-8,12H2,2-5H3,(H,13,14). The predicted octanol–water partition coefficient (Wildman–Crippen LogP) is 1.66. The second kappa shape index (κ2) is 6.08. The number of hydrogen-bond donors (Lipinski definition) is 2. The highest BCUT2D eigenvalue weighted by Gasteiger charge is 2.24. The Hall–Kier alpha value is -0.613. The maximum absolute atomic E-state index is 11.2. The van der Waals surface area contributed by atoms with Gasteiger partial charge < -0.3 is 11.1 Å². The Morgan fingerprint density at radius 2 is 2.07 bits per heavy atom. The number of carbonyl (C=O) groups is 1. The van der Waals surface area contributed by atoms with Crippen LogP contribution in [0.15, 0.2) is 12.2 Å². The molecule has 0 aromatic rings. The molecule has 0 aliphatic heterocycles. The molecule has 3 N–H and O–H groups in total. The summed E-state index contributed by atoms with van der Waals surface area (Å²) in [6.07, 6.45) is 1.01. The lowest BCUT2D eigenvalue weighted by Crippen LogP contribution is -2.45. The van der Waals surface area contributed by atoms with Crippen molar-refractivity contribution in [3.8, 4) is 0 Å². The zero-order valence-corrected chi connectivity index (χ0v) is 11.4. The third kappa shape index (κ3) is 5.74. The fourth-order valence-corrected chi connectivity index (χ4v) is 2.67. The van der Waals surface area contributed by atoms with Gasteiger partial charge in [0.15, 0.2) is 0 Å². The lowest BCUT2D eigenvalue weighted by Gasteiger charge is -2.26. The molecule has 1 unspecified atom stereocenters. The monoisotopic (exact) mass is 228 g/mol. The van der Waals surface area contributed by atoms with E-state index >= 15 is 0 Å². The van der Waals surface area contributed by atoms with Crippen LogP contribution < -0.4 is 11.1 Å². The normalized spacial score (nSPS) is 13.4. The van der Waals surface area contributed by atoms with E-state index in [0.29, 0.717) is 11.2 Å². The SMILES string of the molecule is C=C(C)C(=O)NCCC[Si](C)(C)C(C)N. The third-order valence-electron chi connectivity index (χ3n) is 2.90. The van der Waals surface area contributed by atoms with Gasteiger partial charge in [0.1, 0.15) is 0 Å². The van der Waals surface area contributed by atoms with Gasteiger partial charge in [0, 0.05) is 12.1 Å². The number of hydrogen-bond acceptors (Lipinski definition) is 2. The molecule has 0 saturated heterocycles. The molecule has 0 aliphatic rings. The van der Waals surface area contributed by atoms with Crippen molar-refractivity contribution in [2.75, 3.05) is 6.54 Å². The van der Waals surface area contributed by atoms with Gasteiger partial charge >= 0.3 is 0 Å². The second-order valence-corrected chi connectivity index (χ2v) is 10.3. The maximum Gasteiger partial charge on any atom is 0.246 e. The van der Waals surface area contributed by atoms with Gasteiger partial charge in [0.2, 0.25) is 5.91 Å². The van der Waals surface area contributed by atoms with Crippen molar-refractivity contribution in [3.63, 3.8) is 0 Å². The molecule has 0 bridgehead atoms. The number of nitrogens with two attached hydrogens (primary N) is 1. The minimum absolute atomic E-state index is 0.0460. The molecule has 4 heteroatoms. The van der Waals surface area contributed by atoms with Gasteiger partial charge in [-0.2, -0.15) is 0 Å². The predicted molar refractivity (Wildman–Crippen MR) is 68.4 cm³/mol. The molecule has 0 aromatic heterocycles. The van der Waals surface area contributed by atoms with Crippen LogP contribution in [0.5, 0.6) is 0 Å². The fraction of sp³-hybridized carbons (Fsp3) is 0.727. The number of nitrogens with one attached hydrogen (secondary N) is 1. The minimum Gasteiger partial charge on any atom is -0.352 e. The Labute approximate surface area is 94.1 Å². The largest absolute Gasteiger partial charge is 0.352 e. The zero-order chi connectivity index (χ0) is 12.1. The number of amides is 1. The van der Waals surface area contributed by atoms with E-state index in [0.717, 1.165) is 19.0 Å². The van der Waals surface area contributed by atoms with Crippen molar-refractivity contribution in [2.24, 2.45) is 5.73 Å². The molecule has 0 aliphatic carbocycles. The first-order valence-corrected chi connectivity index (χ1v) is 8.75. The highest BCUT2D eigenvalue weighted by atomic mass is 28.3. The molecule has 1 amide bonds. The Kier molecular flexibility index (Phi) is 5.83. The summed E-state index contributed by atoms with van der Waals surface area (Å²) in [5, 5.41) is 2.84. The lowest BCUT2D eigenvalue weighted by molar-refractivity contribution is -0.117. The topological polar surface area (TPSA) is 55.1 Å². The van der Waals surface area contributed by atoms with Crippen LogP contribution in [-0.2, 0) is 4.79 Å². The van der Waals surface area contributed by atoms with E-state index < -0.39 is 8.07 Å². The molecule has 0 radical (unpaired) electrons. The first-order chi connectivity index (χ1) is 6.77. The summed E-state index contributed by atoms with van der Waals surface area (Å²) in [7, 11) is -1.28. The van der Waals surface area contributed by atoms with Gasteiger partial charge in [-0.15, -0.1) is 0 Å². The molecule has 0 spiro atoms. The van der Waals surface area contributed by atoms with Crippen molar-refractivity contribution in [2.45, 2.75) is 45.1 Å². The van der Waals surface area contributed by atoms with E-state index in [9.17, 15) is 4.79 Å². The zero-order valence-electron chi connectivity index (χ0n) is 10.4. The molecule has 88 valence electrons. The van der Waals surface area contributed by atoms with Crippen molar-refractivity contribution < 1.29 is 4.79 Å². The fourth-order valence-electron chi connectivity index (χ4n) is 1.12. The highest BCUT2D eigenvalue weighted by Crippen LogP contribution is 2.14. The van der Waals surface area contributed by atoms with Gasteiger partial charge in [0.25, 0.3) is 0 Å². The Morgan fingerprint density at radius 3 is 2.47 bits per heavy atom. The van der Waals surface area contributed by atoms with Crippen LogP contribution in [-0.4, -0.2) is 26.2 Å². The summed E-state index contributed by atoms with van der Waals surface area (Å²) in [6, 6.07) is 1.15. The molecule has 15 heavy (non-hydrogen) atoms. The molecule has 0 aromatic carbocycles. The van der Waals surface area contributed by atoms with Gasteiger partial charge in [-0.25, -0.2) is 0 Å². The van der Waals surface area contributed by atoms with E-state index in [4.69, 9.17) is 5.73 Å². The highest BCUT2D eigenvalue weighted by molar-refractivity contribution is 6.78. The Bertz CT molecular complexity index is 237. The smallest absolute Gasteiger partial charge is 0.246 e. The van der Waals surface area contributed by atoms with Crippen molar-refractivity contribution in [1.29, 1.82) is 0 Å². The Morgan fingerprint density at radius 1 is 1.53 bits per heavy atom. The summed E-state index contributed by atoms with van der Waals surface area (Å²) in [4.78, 5) is 11.2. The molecular formula is C11H24N2OSi. The minimum atomic E-state index is -1.28. The quantitative estimate of drug-likeness (QED) is 0.413. The van der Waals surface area contributed by atoms with E-state index in [1.165, 1.54) is 0 Å². The van der Waals surface area contributed by atoms with E-state index in [1.54, 1.807) is 6.92 Å². The third-order valence-corrected chi connectivity index (χ3v) is 7.01. The maximum atomic E-state index is 11.2. The first kappa shape index (κ1) is 14.4. The molecule has 0 rings (SSSR count). The summed E-state index contributed by atoms with van der Waals surface area (Å²) in [6.45, 7) is 12.7. The van der Waals surface area contributed by atoms with Crippen LogP contribution >= 0.6 is 0 Å². The molecule has 1 atom stereocenters. The summed E-state index contributed by atoms with van der Waals surface area (Å²) in [5.41, 5.74) is 6.80. The molecular weight excluding hydrogens is 204 g/mol.